The number of carboxylic acid groups (broad SMARTS) is 1. The molecule has 39 heavy (non-hydrogen) atoms. The second kappa shape index (κ2) is 13.6. The van der Waals surface area contributed by atoms with E-state index in [-0.39, 0.29) is 24.3 Å². The zero-order chi connectivity index (χ0) is 28.5. The van der Waals surface area contributed by atoms with Gasteiger partial charge in [0.1, 0.15) is 23.9 Å². The van der Waals surface area contributed by atoms with Gasteiger partial charge in [0.25, 0.3) is 0 Å². The fourth-order valence-electron chi connectivity index (χ4n) is 3.91. The van der Waals surface area contributed by atoms with Crippen molar-refractivity contribution in [1.29, 1.82) is 0 Å². The van der Waals surface area contributed by atoms with E-state index in [1.54, 1.807) is 18.3 Å². The second-order valence-electron chi connectivity index (χ2n) is 8.93. The van der Waals surface area contributed by atoms with E-state index >= 15 is 0 Å². The van der Waals surface area contributed by atoms with Gasteiger partial charge in [-0.2, -0.15) is 12.6 Å². The van der Waals surface area contributed by atoms with Crippen LogP contribution in [0.5, 0.6) is 5.75 Å². The lowest BCUT2D eigenvalue weighted by Gasteiger charge is -2.24. The van der Waals surface area contributed by atoms with Crippen LogP contribution in [0.1, 0.15) is 11.1 Å². The maximum atomic E-state index is 13.1. The van der Waals surface area contributed by atoms with Crippen LogP contribution in [0.3, 0.4) is 0 Å². The summed E-state index contributed by atoms with van der Waals surface area (Å²) in [7, 11) is 0. The van der Waals surface area contributed by atoms with Gasteiger partial charge in [-0.25, -0.2) is 4.79 Å². The Morgan fingerprint density at radius 3 is 2.13 bits per heavy atom. The molecule has 3 rings (SSSR count). The first kappa shape index (κ1) is 29.5. The maximum Gasteiger partial charge on any atom is 0.328 e. The third kappa shape index (κ3) is 7.96. The SMILES string of the molecule is NC(Cc1ccc(O)cc1)C(=O)NC(CS)C(=O)NC(Cc1c[nH]c2ccccc12)C(=O)NC(CO)C(=O)O. The number of aromatic amines is 1. The number of nitrogens with two attached hydrogens (primary N) is 1. The number of fused-ring (bicyclic) bond motifs is 1. The molecule has 0 aliphatic rings. The van der Waals surface area contributed by atoms with Crippen molar-refractivity contribution in [2.75, 3.05) is 12.4 Å². The molecule has 1 aromatic heterocycles. The number of nitrogens with one attached hydrogen (secondary N) is 4. The van der Waals surface area contributed by atoms with Crippen LogP contribution in [0.25, 0.3) is 10.9 Å². The number of hydrogen-bond acceptors (Lipinski definition) is 8. The summed E-state index contributed by atoms with van der Waals surface area (Å²) in [5, 5.41) is 36.1. The molecular weight excluding hydrogens is 526 g/mol. The van der Waals surface area contributed by atoms with Gasteiger partial charge in [0.15, 0.2) is 0 Å². The van der Waals surface area contributed by atoms with E-state index in [4.69, 9.17) is 5.73 Å². The molecular formula is C26H31N5O7S. The largest absolute Gasteiger partial charge is 0.508 e. The highest BCUT2D eigenvalue weighted by atomic mass is 32.1. The maximum absolute atomic E-state index is 13.1. The molecule has 4 atom stereocenters. The van der Waals surface area contributed by atoms with Gasteiger partial charge in [-0.15, -0.1) is 0 Å². The molecule has 13 heteroatoms. The lowest BCUT2D eigenvalue weighted by Crippen LogP contribution is -2.58. The zero-order valence-electron chi connectivity index (χ0n) is 20.8. The summed E-state index contributed by atoms with van der Waals surface area (Å²) >= 11 is 4.16. The van der Waals surface area contributed by atoms with Gasteiger partial charge in [0.05, 0.1) is 12.6 Å². The lowest BCUT2D eigenvalue weighted by atomic mass is 10.0. The van der Waals surface area contributed by atoms with Crippen molar-refractivity contribution < 1.29 is 34.5 Å². The number of aliphatic carboxylic acids is 1. The minimum absolute atomic E-state index is 0.00699. The number of aromatic nitrogens is 1. The number of hydrogen-bond donors (Lipinski definition) is 9. The smallest absolute Gasteiger partial charge is 0.328 e. The topological polar surface area (TPSA) is 207 Å². The first-order valence-electron chi connectivity index (χ1n) is 12.1. The summed E-state index contributed by atoms with van der Waals surface area (Å²) in [6.07, 6.45) is 1.82. The molecule has 0 bridgehead atoms. The highest BCUT2D eigenvalue weighted by molar-refractivity contribution is 7.80. The summed E-state index contributed by atoms with van der Waals surface area (Å²) in [6.45, 7) is -0.844. The Balaban J connectivity index is 1.73. The number of aliphatic hydroxyl groups is 1. The van der Waals surface area contributed by atoms with E-state index in [1.807, 2.05) is 24.3 Å². The molecule has 2 aromatic carbocycles. The number of amides is 3. The van der Waals surface area contributed by atoms with Crippen LogP contribution in [0, 0.1) is 0 Å². The van der Waals surface area contributed by atoms with Crippen molar-refractivity contribution in [2.24, 2.45) is 5.73 Å². The molecule has 1 heterocycles. The predicted octanol–water partition coefficient (Wildman–Crippen LogP) is -0.553. The number of aliphatic hydroxyl groups excluding tert-OH is 1. The van der Waals surface area contributed by atoms with Crippen LogP contribution < -0.4 is 21.7 Å². The van der Waals surface area contributed by atoms with Gasteiger partial charge >= 0.3 is 5.97 Å². The molecule has 3 aromatic rings. The van der Waals surface area contributed by atoms with Gasteiger partial charge in [-0.3, -0.25) is 14.4 Å². The van der Waals surface area contributed by atoms with Crippen LogP contribution in [-0.4, -0.2) is 80.5 Å². The van der Waals surface area contributed by atoms with E-state index < -0.39 is 54.5 Å². The van der Waals surface area contributed by atoms with Crippen molar-refractivity contribution in [1.82, 2.24) is 20.9 Å². The summed E-state index contributed by atoms with van der Waals surface area (Å²) in [5.74, 6) is -3.66. The molecule has 0 fully saturated rings. The normalized spacial score (nSPS) is 14.1. The number of phenols is 1. The van der Waals surface area contributed by atoms with Crippen molar-refractivity contribution in [2.45, 2.75) is 37.0 Å². The Morgan fingerprint density at radius 1 is 0.872 bits per heavy atom. The van der Waals surface area contributed by atoms with Crippen molar-refractivity contribution >= 4 is 47.2 Å². The fourth-order valence-corrected chi connectivity index (χ4v) is 4.17. The van der Waals surface area contributed by atoms with E-state index in [9.17, 15) is 34.5 Å². The number of benzene rings is 2. The number of rotatable bonds is 13. The van der Waals surface area contributed by atoms with Gasteiger partial charge in [0.2, 0.25) is 17.7 Å². The summed E-state index contributed by atoms with van der Waals surface area (Å²) in [4.78, 5) is 53.3. The molecule has 12 nitrogen and oxygen atoms in total. The average Bonchev–Trinajstić information content (AvgIpc) is 3.33. The summed E-state index contributed by atoms with van der Waals surface area (Å²) < 4.78 is 0. The minimum atomic E-state index is -1.57. The monoisotopic (exact) mass is 557 g/mol. The van der Waals surface area contributed by atoms with Gasteiger partial charge < -0.3 is 42.0 Å². The number of aromatic hydroxyl groups is 1. The lowest BCUT2D eigenvalue weighted by molar-refractivity contribution is -0.143. The molecule has 0 saturated heterocycles. The number of phenolic OH excluding ortho intramolecular Hbond substituents is 1. The quantitative estimate of drug-likeness (QED) is 0.124. The van der Waals surface area contributed by atoms with E-state index in [0.29, 0.717) is 11.1 Å². The van der Waals surface area contributed by atoms with E-state index in [0.717, 1.165) is 10.9 Å². The number of thiol groups is 1. The van der Waals surface area contributed by atoms with E-state index in [1.165, 1.54) is 12.1 Å². The molecule has 4 unspecified atom stereocenters. The number of carbonyl (C=O) groups is 4. The molecule has 9 N–H and O–H groups in total. The Bertz CT molecular complexity index is 1310. The predicted molar refractivity (Wildman–Crippen MR) is 146 cm³/mol. The second-order valence-corrected chi connectivity index (χ2v) is 9.29. The molecule has 208 valence electrons. The number of carboxylic acids is 1. The first-order valence-corrected chi connectivity index (χ1v) is 12.7. The summed E-state index contributed by atoms with van der Waals surface area (Å²) in [6, 6.07) is 8.52. The molecule has 3 amide bonds. The highest BCUT2D eigenvalue weighted by Gasteiger charge is 2.30. The van der Waals surface area contributed by atoms with Crippen LogP contribution in [0.2, 0.25) is 0 Å². The molecule has 0 aliphatic carbocycles. The minimum Gasteiger partial charge on any atom is -0.508 e. The first-order chi connectivity index (χ1) is 18.6. The zero-order valence-corrected chi connectivity index (χ0v) is 21.7. The van der Waals surface area contributed by atoms with Crippen LogP contribution in [0.15, 0.2) is 54.7 Å². The Labute approximate surface area is 229 Å². The Morgan fingerprint density at radius 2 is 1.49 bits per heavy atom. The summed E-state index contributed by atoms with van der Waals surface area (Å²) in [5.41, 5.74) is 8.20. The fraction of sp³-hybridized carbons (Fsp3) is 0.308. The molecule has 0 aliphatic heterocycles. The van der Waals surface area contributed by atoms with Crippen LogP contribution in [-0.2, 0) is 32.0 Å². The van der Waals surface area contributed by atoms with Crippen molar-refractivity contribution in [3.05, 3.63) is 65.9 Å². The highest BCUT2D eigenvalue weighted by Crippen LogP contribution is 2.19. The number of carbonyl (C=O) groups excluding carboxylic acids is 3. The Hall–Kier alpha value is -4.07. The third-order valence-electron chi connectivity index (χ3n) is 6.07. The molecule has 0 spiro atoms. The molecule has 0 saturated carbocycles. The third-order valence-corrected chi connectivity index (χ3v) is 6.44. The van der Waals surface area contributed by atoms with Gasteiger partial charge in [-0.05, 0) is 35.7 Å². The van der Waals surface area contributed by atoms with Crippen molar-refractivity contribution in [3.63, 3.8) is 0 Å². The van der Waals surface area contributed by atoms with Crippen molar-refractivity contribution in [3.8, 4) is 5.75 Å². The number of H-pyrrole nitrogens is 1. The van der Waals surface area contributed by atoms with Crippen LogP contribution >= 0.6 is 12.6 Å². The Kier molecular flexibility index (Phi) is 10.3. The number of para-hydroxylation sites is 1. The van der Waals surface area contributed by atoms with E-state index in [2.05, 4.69) is 33.6 Å². The van der Waals surface area contributed by atoms with Crippen LogP contribution in [0.4, 0.5) is 0 Å². The average molecular weight is 558 g/mol. The van der Waals surface area contributed by atoms with Gasteiger partial charge in [-0.1, -0.05) is 30.3 Å². The standard InChI is InChI=1S/C26H31N5O7S/c27-18(9-14-5-7-16(33)8-6-14)23(34)31-22(13-39)25(36)29-20(24(35)30-21(12-32)26(37)38)10-15-11-28-19-4-2-1-3-17(15)19/h1-8,11,18,20-22,28,32-33,39H,9-10,12-13,27H2,(H,29,36)(H,30,35)(H,31,34)(H,37,38). The molecule has 0 radical (unpaired) electrons. The van der Waals surface area contributed by atoms with Gasteiger partial charge in [0, 0.05) is 29.3 Å².